The molecule has 0 aliphatic heterocycles. The first-order chi connectivity index (χ1) is 7.07. The molecule has 0 aliphatic rings. The largest absolute Gasteiger partial charge is 0.389 e. The number of nitrogens with zero attached hydrogens (tertiary/aromatic N) is 2. The molecule has 1 rings (SSSR count). The number of aliphatic hydroxyl groups is 1. The van der Waals surface area contributed by atoms with Gasteiger partial charge in [0.05, 0.1) is 18.3 Å². The molecular weight excluding hydrogens is 208 g/mol. The maximum absolute atomic E-state index is 9.61. The highest BCUT2D eigenvalue weighted by atomic mass is 32.2. The normalized spacial score (nSPS) is 13.1. The molecule has 1 unspecified atom stereocenters. The summed E-state index contributed by atoms with van der Waals surface area (Å²) in [7, 11) is 0. The molecule has 0 amide bonds. The van der Waals surface area contributed by atoms with Crippen LogP contribution in [-0.4, -0.2) is 26.4 Å². The summed E-state index contributed by atoms with van der Waals surface area (Å²) in [5.74, 6) is 2.22. The Labute approximate surface area is 95.9 Å². The van der Waals surface area contributed by atoms with Gasteiger partial charge in [0.25, 0.3) is 0 Å². The standard InChI is InChI=1S/C11H20N2OS/c1-5-15-7-6-13-9(3)11(10(4)14)8(2)12-13/h10,14H,5-7H2,1-4H3. The molecule has 86 valence electrons. The molecule has 1 aromatic heterocycles. The van der Waals surface area contributed by atoms with Gasteiger partial charge in [-0.3, -0.25) is 4.68 Å². The first-order valence-electron chi connectivity index (χ1n) is 5.37. The van der Waals surface area contributed by atoms with Crippen LogP contribution in [-0.2, 0) is 6.54 Å². The topological polar surface area (TPSA) is 38.0 Å². The minimum Gasteiger partial charge on any atom is -0.389 e. The lowest BCUT2D eigenvalue weighted by Crippen LogP contribution is -2.05. The fraction of sp³-hybridized carbons (Fsp3) is 0.727. The molecule has 0 aromatic carbocycles. The van der Waals surface area contributed by atoms with Gasteiger partial charge >= 0.3 is 0 Å². The predicted octanol–water partition coefficient (Wildman–Crippen LogP) is 2.31. The number of rotatable bonds is 5. The SMILES string of the molecule is CCSCCn1nc(C)c(C(C)O)c1C. The number of aromatic nitrogens is 2. The maximum atomic E-state index is 9.61. The summed E-state index contributed by atoms with van der Waals surface area (Å²) >= 11 is 1.91. The second-order valence-corrected chi connectivity index (χ2v) is 5.07. The van der Waals surface area contributed by atoms with Crippen molar-refractivity contribution in [1.29, 1.82) is 0 Å². The molecule has 0 fully saturated rings. The molecule has 1 N–H and O–H groups in total. The molecular formula is C11H20N2OS. The smallest absolute Gasteiger partial charge is 0.0797 e. The van der Waals surface area contributed by atoms with E-state index in [1.165, 1.54) is 0 Å². The summed E-state index contributed by atoms with van der Waals surface area (Å²) in [6.07, 6.45) is -0.419. The van der Waals surface area contributed by atoms with E-state index in [9.17, 15) is 5.11 Å². The lowest BCUT2D eigenvalue weighted by Gasteiger charge is -2.06. The molecule has 0 radical (unpaired) electrons. The zero-order valence-electron chi connectivity index (χ0n) is 9.95. The first-order valence-corrected chi connectivity index (χ1v) is 6.53. The highest BCUT2D eigenvalue weighted by Crippen LogP contribution is 2.21. The quantitative estimate of drug-likeness (QED) is 0.786. The Kier molecular flexibility index (Phi) is 4.67. The van der Waals surface area contributed by atoms with Gasteiger partial charge in [-0.15, -0.1) is 0 Å². The summed E-state index contributed by atoms with van der Waals surface area (Å²) in [5, 5.41) is 14.1. The third-order valence-corrected chi connectivity index (χ3v) is 3.39. The number of aryl methyl sites for hydroxylation is 2. The molecule has 1 atom stereocenters. The van der Waals surface area contributed by atoms with Crippen LogP contribution in [0.5, 0.6) is 0 Å². The number of thioether (sulfide) groups is 1. The van der Waals surface area contributed by atoms with Gasteiger partial charge in [0.2, 0.25) is 0 Å². The van der Waals surface area contributed by atoms with Crippen LogP contribution in [0.4, 0.5) is 0 Å². The van der Waals surface area contributed by atoms with Crippen LogP contribution in [0.3, 0.4) is 0 Å². The van der Waals surface area contributed by atoms with Crippen molar-refractivity contribution < 1.29 is 5.11 Å². The Hall–Kier alpha value is -0.480. The minimum atomic E-state index is -0.419. The van der Waals surface area contributed by atoms with Gasteiger partial charge in [0.15, 0.2) is 0 Å². The molecule has 4 heteroatoms. The van der Waals surface area contributed by atoms with E-state index in [1.807, 2.05) is 30.3 Å². The second-order valence-electron chi connectivity index (χ2n) is 3.68. The van der Waals surface area contributed by atoms with Gasteiger partial charge in [-0.1, -0.05) is 6.92 Å². The van der Waals surface area contributed by atoms with Crippen molar-refractivity contribution in [2.24, 2.45) is 0 Å². The molecule has 0 saturated heterocycles. The zero-order chi connectivity index (χ0) is 11.4. The van der Waals surface area contributed by atoms with Crippen molar-refractivity contribution in [2.75, 3.05) is 11.5 Å². The van der Waals surface area contributed by atoms with Gasteiger partial charge in [0.1, 0.15) is 0 Å². The number of aliphatic hydroxyl groups excluding tert-OH is 1. The Morgan fingerprint density at radius 3 is 2.60 bits per heavy atom. The van der Waals surface area contributed by atoms with Gasteiger partial charge in [0, 0.05) is 17.0 Å². The molecule has 0 aliphatic carbocycles. The Bertz CT molecular complexity index is 321. The summed E-state index contributed by atoms with van der Waals surface area (Å²) in [6, 6.07) is 0. The van der Waals surface area contributed by atoms with Crippen LogP contribution < -0.4 is 0 Å². The lowest BCUT2D eigenvalue weighted by atomic mass is 10.1. The summed E-state index contributed by atoms with van der Waals surface area (Å²) in [5.41, 5.74) is 3.03. The first kappa shape index (κ1) is 12.6. The van der Waals surface area contributed by atoms with E-state index in [2.05, 4.69) is 12.0 Å². The van der Waals surface area contributed by atoms with E-state index in [-0.39, 0.29) is 0 Å². The van der Waals surface area contributed by atoms with E-state index in [0.717, 1.165) is 35.0 Å². The van der Waals surface area contributed by atoms with Crippen LogP contribution in [0.2, 0.25) is 0 Å². The Balaban J connectivity index is 2.77. The third kappa shape index (κ3) is 2.98. The molecule has 0 bridgehead atoms. The highest BCUT2D eigenvalue weighted by Gasteiger charge is 2.14. The van der Waals surface area contributed by atoms with Gasteiger partial charge in [-0.25, -0.2) is 0 Å². The fourth-order valence-electron chi connectivity index (χ4n) is 1.83. The molecule has 0 saturated carbocycles. The molecule has 0 spiro atoms. The van der Waals surface area contributed by atoms with Crippen molar-refractivity contribution in [3.63, 3.8) is 0 Å². The lowest BCUT2D eigenvalue weighted by molar-refractivity contribution is 0.197. The highest BCUT2D eigenvalue weighted by molar-refractivity contribution is 7.99. The van der Waals surface area contributed by atoms with Crippen molar-refractivity contribution in [3.05, 3.63) is 17.0 Å². The third-order valence-electron chi connectivity index (χ3n) is 2.51. The number of hydrogen-bond acceptors (Lipinski definition) is 3. The number of hydrogen-bond donors (Lipinski definition) is 1. The molecule has 1 heterocycles. The maximum Gasteiger partial charge on any atom is 0.0797 e. The van der Waals surface area contributed by atoms with Crippen LogP contribution in [0.25, 0.3) is 0 Å². The van der Waals surface area contributed by atoms with Crippen molar-refractivity contribution >= 4 is 11.8 Å². The van der Waals surface area contributed by atoms with E-state index >= 15 is 0 Å². The fourth-order valence-corrected chi connectivity index (χ4v) is 2.42. The van der Waals surface area contributed by atoms with Gasteiger partial charge < -0.3 is 5.11 Å². The van der Waals surface area contributed by atoms with E-state index < -0.39 is 6.10 Å². The van der Waals surface area contributed by atoms with Crippen molar-refractivity contribution in [3.8, 4) is 0 Å². The molecule has 1 aromatic rings. The van der Waals surface area contributed by atoms with Gasteiger partial charge in [-0.2, -0.15) is 16.9 Å². The van der Waals surface area contributed by atoms with Crippen LogP contribution >= 0.6 is 11.8 Å². The van der Waals surface area contributed by atoms with Gasteiger partial charge in [-0.05, 0) is 26.5 Å². The predicted molar refractivity (Wildman–Crippen MR) is 65.3 cm³/mol. The summed E-state index contributed by atoms with van der Waals surface area (Å²) in [4.78, 5) is 0. The Morgan fingerprint density at radius 1 is 1.47 bits per heavy atom. The van der Waals surface area contributed by atoms with Crippen LogP contribution in [0.15, 0.2) is 0 Å². The van der Waals surface area contributed by atoms with Crippen LogP contribution in [0.1, 0.15) is 36.9 Å². The average molecular weight is 228 g/mol. The summed E-state index contributed by atoms with van der Waals surface area (Å²) in [6.45, 7) is 8.87. The zero-order valence-corrected chi connectivity index (χ0v) is 10.8. The summed E-state index contributed by atoms with van der Waals surface area (Å²) < 4.78 is 2.00. The van der Waals surface area contributed by atoms with Crippen molar-refractivity contribution in [2.45, 2.75) is 40.3 Å². The van der Waals surface area contributed by atoms with Crippen molar-refractivity contribution in [1.82, 2.24) is 9.78 Å². The van der Waals surface area contributed by atoms with E-state index in [4.69, 9.17) is 0 Å². The molecule has 3 nitrogen and oxygen atoms in total. The Morgan fingerprint density at radius 2 is 2.13 bits per heavy atom. The molecule has 15 heavy (non-hydrogen) atoms. The minimum absolute atomic E-state index is 0.419. The second kappa shape index (κ2) is 5.56. The van der Waals surface area contributed by atoms with E-state index in [0.29, 0.717) is 0 Å². The monoisotopic (exact) mass is 228 g/mol. The van der Waals surface area contributed by atoms with E-state index in [1.54, 1.807) is 6.92 Å². The van der Waals surface area contributed by atoms with Crippen LogP contribution in [0, 0.1) is 13.8 Å². The average Bonchev–Trinajstić information content (AvgIpc) is 2.42.